The molecule has 13 rings (SSSR count). The Morgan fingerprint density at radius 2 is 1.01 bits per heavy atom. The second kappa shape index (κ2) is 43.9. The van der Waals surface area contributed by atoms with Crippen LogP contribution in [0.2, 0.25) is 0 Å². The molecule has 44 heteroatoms. The van der Waals surface area contributed by atoms with Crippen molar-refractivity contribution in [1.82, 2.24) is 0 Å². The lowest BCUT2D eigenvalue weighted by atomic mass is 9.33. The van der Waals surface area contributed by atoms with Crippen molar-refractivity contribution in [3.8, 4) is 0 Å². The van der Waals surface area contributed by atoms with Crippen LogP contribution in [0.25, 0.3) is 0 Å². The summed E-state index contributed by atoms with van der Waals surface area (Å²) in [4.78, 5) is 45.1. The van der Waals surface area contributed by atoms with Crippen LogP contribution >= 0.6 is 0 Å². The second-order valence-corrected chi connectivity index (χ2v) is 43.4. The molecule has 12 fully saturated rings. The van der Waals surface area contributed by atoms with E-state index >= 15 is 9.59 Å². The summed E-state index contributed by atoms with van der Waals surface area (Å²) >= 11 is 0. The Morgan fingerprint density at radius 1 is 0.504 bits per heavy atom. The molecule has 50 atom stereocenters. The van der Waals surface area contributed by atoms with Gasteiger partial charge in [-0.25, -0.2) is 4.79 Å². The molecule has 8 aliphatic heterocycles. The van der Waals surface area contributed by atoms with Crippen LogP contribution in [0.5, 0.6) is 0 Å². The van der Waals surface area contributed by atoms with Gasteiger partial charge in [-0.15, -0.1) is 13.2 Å². The van der Waals surface area contributed by atoms with Gasteiger partial charge < -0.3 is 203 Å². The number of aliphatic hydroxyl groups is 23. The minimum absolute atomic E-state index is 0.0232. The first-order chi connectivity index (χ1) is 65.1. The maximum atomic E-state index is 16.8. The normalized spacial score (nSPS) is 48.8. The number of hydrogen-bond donors (Lipinski definition) is 23. The Balaban J connectivity index is 0.763. The molecule has 8 heterocycles. The summed E-state index contributed by atoms with van der Waals surface area (Å²) in [7, 11) is 0. The van der Waals surface area contributed by atoms with Gasteiger partial charge in [0.2, 0.25) is 6.29 Å². The maximum Gasteiger partial charge on any atom is 0.333 e. The first-order valence-electron chi connectivity index (χ1n) is 48.6. The zero-order valence-electron chi connectivity index (χ0n) is 80.9. The van der Waals surface area contributed by atoms with Crippen LogP contribution in [0.15, 0.2) is 48.6 Å². The molecule has 0 amide bonds. The van der Waals surface area contributed by atoms with Crippen molar-refractivity contribution < 1.29 is 217 Å². The molecule has 5 aliphatic carbocycles. The van der Waals surface area contributed by atoms with E-state index in [2.05, 4.69) is 53.9 Å². The molecule has 0 radical (unpaired) electrons. The molecule has 0 spiro atoms. The average Bonchev–Trinajstić information content (AvgIpc) is 0.921. The fourth-order valence-electron chi connectivity index (χ4n) is 24.2. The molecule has 0 aromatic heterocycles. The Labute approximate surface area is 806 Å². The van der Waals surface area contributed by atoms with Gasteiger partial charge in [-0.3, -0.25) is 9.59 Å². The van der Waals surface area contributed by atoms with Gasteiger partial charge in [0.25, 0.3) is 0 Å². The van der Waals surface area contributed by atoms with E-state index in [1.165, 1.54) is 32.9 Å². The van der Waals surface area contributed by atoms with Crippen LogP contribution < -0.4 is 0 Å². The van der Waals surface area contributed by atoms with E-state index in [1.807, 2.05) is 13.8 Å². The first kappa shape index (κ1) is 112. The van der Waals surface area contributed by atoms with Crippen molar-refractivity contribution in [3.05, 3.63) is 48.6 Å². The molecule has 0 unspecified atom stereocenters. The molecule has 23 N–H and O–H groups in total. The summed E-state index contributed by atoms with van der Waals surface area (Å²) in [5.41, 5.74) is -7.69. The summed E-state index contributed by atoms with van der Waals surface area (Å²) < 4.78 is 110. The van der Waals surface area contributed by atoms with Gasteiger partial charge in [-0.05, 0) is 151 Å². The topological polar surface area (TPSA) is 683 Å². The highest BCUT2D eigenvalue weighted by atomic mass is 16.8. The quantitative estimate of drug-likeness (QED) is 0.00971. The average molecular weight is 2000 g/mol. The van der Waals surface area contributed by atoms with Crippen molar-refractivity contribution in [3.63, 3.8) is 0 Å². The molecule has 13 aliphatic rings. The number of rotatable bonds is 33. The van der Waals surface area contributed by atoms with Gasteiger partial charge in [0.15, 0.2) is 56.2 Å². The van der Waals surface area contributed by atoms with E-state index in [0.717, 1.165) is 5.57 Å². The van der Waals surface area contributed by atoms with Crippen LogP contribution in [0.3, 0.4) is 0 Å². The SMILES string of the molecule is C=C[C@@](C)(O)CC/C=C(\C)C(=O)O[C@H]1[C@H](O)[C@@H](O)[C@H](O[C@](C)(C=C)CCC[C@H](C)C(=O)O[C@H]2C[C@]3(C(=O)O[C@@H]4O[C@H](CO)[C@@H](O)[C@H](O)[C@H]4O[C@H]4O[C@@H](C)[C@H](O[C@@H]5O[C@@H](CO)[C@H](O)[C@H]5O)[C@@H](O[C@@H]5O[C@H](CO)[C@@H](O)[C@H](O)[C@H]5O)[C@H]4O)[C@H](O)C[C@]4(C)C(=CC[C@@H]5[C@@]6(C)CC[C@H](O[C@@H]7O[C@H](CO[C@@H]8OC[C@H](O)[C@H](O)[C@H]8O[C@@H]8OC[C@@H](O)[C@H](O)[C@H]8O)[C@@H](O)[C@H](O)[C@H]7O)C(C)(C)[C@@H]6CC[C@]54C)[C@@H]3CC2(C)C)O[C@@H]1C. The fourth-order valence-corrected chi connectivity index (χ4v) is 24.2. The van der Waals surface area contributed by atoms with Gasteiger partial charge >= 0.3 is 17.9 Å². The van der Waals surface area contributed by atoms with E-state index in [0.29, 0.717) is 38.5 Å². The van der Waals surface area contributed by atoms with Crippen LogP contribution in [-0.2, 0) is 99.6 Å². The standard InChI is InChI=1S/C95H152O44/c1-16-90(11,121)26-18-20-40(4)78(119)133-72-41(5)126-84(70(116)65(72)111)139-91(12,17-2)27-19-21-39(3)77(118)131-55-32-95(87(120)138-86-76(64(110)59(105)48(34-97)129-86)137-83-71(117)74(135-82-69(115)62(108)58(104)47(33-96)127-82)73(42(6)125-83)134-81-67(113)60(106)49(35-98)128-81)44(30-88(55,7)8)43-22-23-52-92(13)28-25-54(89(9,10)51(92)24-29-93(52,14)94(43,15)31-53(95)101)132-80-68(114)63(109)61(107)50(130-80)38-124-85-75(57(103)46(100)37-123-85)136-79-66(112)56(102)45(99)36-122-79/h16-17,20,22,39,41-42,44-76,79-86,96-117,121H,1-2,18-19,21,23-38H2,3-15H3/b40-20+/t39-,41+,42-,44-,45+,46-,47+,48+,49-,50+,51-,52+,53+,54-,55-,56-,57-,58+,59+,60-,61+,62-,63-,64-,65+,66+,67+,68+,69+,70+,71+,72+,73-,74-,75+,76+,79-,80-,81-,82-,83+,84-,85-,86-,90+,91+,92-,93+,94+,95+/m0/s1. The Hall–Kier alpha value is -4.15. The van der Waals surface area contributed by atoms with Crippen LogP contribution in [-0.4, -0.2) is 432 Å². The van der Waals surface area contributed by atoms with Gasteiger partial charge in [0.1, 0.15) is 164 Å². The van der Waals surface area contributed by atoms with E-state index < -0.39 is 365 Å². The highest BCUT2D eigenvalue weighted by molar-refractivity contribution is 5.88. The lowest BCUT2D eigenvalue weighted by Crippen LogP contribution is -2.70. The molecule has 4 saturated carbocycles. The van der Waals surface area contributed by atoms with E-state index in [-0.39, 0.29) is 55.9 Å². The van der Waals surface area contributed by atoms with E-state index in [9.17, 15) is 122 Å². The summed E-state index contributed by atoms with van der Waals surface area (Å²) in [6, 6.07) is 0. The lowest BCUT2D eigenvalue weighted by Gasteiger charge is -2.72. The van der Waals surface area contributed by atoms with Gasteiger partial charge in [0, 0.05) is 17.4 Å². The van der Waals surface area contributed by atoms with Crippen LogP contribution in [0, 0.1) is 56.2 Å². The third-order valence-electron chi connectivity index (χ3n) is 33.4. The predicted octanol–water partition coefficient (Wildman–Crippen LogP) is -4.32. The highest BCUT2D eigenvalue weighted by Crippen LogP contribution is 2.76. The number of esters is 3. The van der Waals surface area contributed by atoms with Crippen molar-refractivity contribution >= 4 is 17.9 Å². The highest BCUT2D eigenvalue weighted by Gasteiger charge is 2.74. The maximum absolute atomic E-state index is 16.8. The summed E-state index contributed by atoms with van der Waals surface area (Å²) in [5.74, 6) is -4.89. The summed E-state index contributed by atoms with van der Waals surface area (Å²) in [6.07, 6.45) is -59.2. The van der Waals surface area contributed by atoms with Crippen molar-refractivity contribution in [2.75, 3.05) is 39.6 Å². The largest absolute Gasteiger partial charge is 0.462 e. The molecule has 0 bridgehead atoms. The van der Waals surface area contributed by atoms with Gasteiger partial charge in [-0.1, -0.05) is 85.3 Å². The second-order valence-electron chi connectivity index (χ2n) is 43.4. The molecular formula is C95H152O44. The van der Waals surface area contributed by atoms with E-state index in [4.69, 9.17) is 85.3 Å². The Morgan fingerprint density at radius 3 is 1.63 bits per heavy atom. The molecule has 0 aromatic carbocycles. The summed E-state index contributed by atoms with van der Waals surface area (Å²) in [6.45, 7) is 26.9. The number of ether oxygens (including phenoxy) is 18. The molecule has 139 heavy (non-hydrogen) atoms. The van der Waals surface area contributed by atoms with Crippen molar-refractivity contribution in [2.45, 2.75) is 430 Å². The zero-order valence-corrected chi connectivity index (χ0v) is 80.9. The van der Waals surface area contributed by atoms with Crippen molar-refractivity contribution in [2.24, 2.45) is 56.2 Å². The van der Waals surface area contributed by atoms with Crippen LogP contribution in [0.4, 0.5) is 0 Å². The smallest absolute Gasteiger partial charge is 0.333 e. The number of carbonyl (C=O) groups excluding carboxylic acids is 3. The molecule has 796 valence electrons. The minimum atomic E-state index is -2.26. The zero-order chi connectivity index (χ0) is 102. The number of allylic oxidation sites excluding steroid dienone is 3. The Bertz CT molecular complexity index is 4200. The first-order valence-corrected chi connectivity index (χ1v) is 48.6. The van der Waals surface area contributed by atoms with Crippen LogP contribution in [0.1, 0.15) is 173 Å². The molecule has 8 saturated heterocycles. The fraction of sp³-hybridized carbons (Fsp3) is 0.884. The van der Waals surface area contributed by atoms with E-state index in [1.54, 1.807) is 26.8 Å². The summed E-state index contributed by atoms with van der Waals surface area (Å²) in [5, 5.41) is 257. The number of hydrogen-bond acceptors (Lipinski definition) is 44. The lowest BCUT2D eigenvalue weighted by molar-refractivity contribution is -0.390. The third-order valence-corrected chi connectivity index (χ3v) is 33.4. The number of aliphatic hydroxyl groups excluding tert-OH is 22. The minimum Gasteiger partial charge on any atom is -0.462 e. The van der Waals surface area contributed by atoms with Gasteiger partial charge in [-0.2, -0.15) is 0 Å². The molecule has 0 aromatic rings. The predicted molar refractivity (Wildman–Crippen MR) is 471 cm³/mol. The van der Waals surface area contributed by atoms with Crippen molar-refractivity contribution in [1.29, 1.82) is 0 Å². The number of fused-ring (bicyclic) bond motifs is 7. The Kier molecular flexibility index (Phi) is 35.4. The monoisotopic (exact) mass is 2000 g/mol. The third kappa shape index (κ3) is 21.8. The number of carbonyl (C=O) groups is 3. The molecular weight excluding hydrogens is 1850 g/mol. The molecule has 44 nitrogen and oxygen atoms in total. The van der Waals surface area contributed by atoms with Gasteiger partial charge in [0.05, 0.1) is 81.2 Å².